The van der Waals surface area contributed by atoms with Gasteiger partial charge in [-0.25, -0.2) is 4.39 Å². The van der Waals surface area contributed by atoms with Crippen LogP contribution in [0.4, 0.5) is 10.1 Å². The smallest absolute Gasteiger partial charge is 0.262 e. The Morgan fingerprint density at radius 1 is 0.750 bits per heavy atom. The van der Waals surface area contributed by atoms with Crippen LogP contribution in [-0.4, -0.2) is 102 Å². The highest BCUT2D eigenvalue weighted by Gasteiger charge is 2.47. The Morgan fingerprint density at radius 2 is 1.40 bits per heavy atom. The molecule has 0 aromatic heterocycles. The molecule has 10 nitrogen and oxygen atoms in total. The van der Waals surface area contributed by atoms with Crippen LogP contribution in [0.15, 0.2) is 97.1 Å². The van der Waals surface area contributed by atoms with Crippen LogP contribution in [0.2, 0.25) is 0 Å². The lowest BCUT2D eigenvalue weighted by Crippen LogP contribution is -2.63. The number of benzene rings is 4. The highest BCUT2D eigenvalue weighted by atomic mass is 19.1. The Kier molecular flexibility index (Phi) is 11.4. The summed E-state index contributed by atoms with van der Waals surface area (Å²) >= 11 is 0. The van der Waals surface area contributed by atoms with Crippen LogP contribution < -0.4 is 15.0 Å². The predicted octanol–water partition coefficient (Wildman–Crippen LogP) is 7.04. The number of hydrogen-bond acceptors (Lipinski definition) is 8. The fourth-order valence-corrected chi connectivity index (χ4v) is 10.2. The summed E-state index contributed by atoms with van der Waals surface area (Å²) in [6, 6.07) is 31.8. The molecule has 4 aromatic carbocycles. The number of halogens is 1. The summed E-state index contributed by atoms with van der Waals surface area (Å²) in [5, 5.41) is 2.21. The Morgan fingerprint density at radius 3 is 2.05 bits per heavy atom. The van der Waals surface area contributed by atoms with Crippen LogP contribution in [0.25, 0.3) is 11.1 Å². The molecule has 6 heterocycles. The van der Waals surface area contributed by atoms with Gasteiger partial charge in [-0.05, 0) is 110 Å². The van der Waals surface area contributed by atoms with E-state index in [2.05, 4.69) is 112 Å². The fourth-order valence-electron chi connectivity index (χ4n) is 10.2. The normalized spacial score (nSPS) is 22.9. The summed E-state index contributed by atoms with van der Waals surface area (Å²) in [4.78, 5) is 59.0. The first kappa shape index (κ1) is 39.8. The molecule has 4 aromatic rings. The molecule has 6 aliphatic heterocycles. The lowest BCUT2D eigenvalue weighted by atomic mass is 9.87. The van der Waals surface area contributed by atoms with Gasteiger partial charge in [0.1, 0.15) is 24.2 Å². The van der Waals surface area contributed by atoms with Gasteiger partial charge in [-0.3, -0.25) is 39.2 Å². The lowest BCUT2D eigenvalue weighted by molar-refractivity contribution is -0.136. The van der Waals surface area contributed by atoms with E-state index in [0.717, 1.165) is 81.5 Å². The van der Waals surface area contributed by atoms with Gasteiger partial charge in [-0.1, -0.05) is 79.7 Å². The molecule has 6 aliphatic rings. The predicted molar refractivity (Wildman–Crippen MR) is 229 cm³/mol. The van der Waals surface area contributed by atoms with Crippen molar-refractivity contribution in [1.29, 1.82) is 0 Å². The summed E-state index contributed by atoms with van der Waals surface area (Å²) < 4.78 is 22.0. The van der Waals surface area contributed by atoms with Crippen molar-refractivity contribution in [2.75, 3.05) is 50.8 Å². The number of likely N-dealkylation sites (tertiary alicyclic amines) is 1. The molecule has 5 fully saturated rings. The van der Waals surface area contributed by atoms with Gasteiger partial charge in [0.15, 0.2) is 0 Å². The van der Waals surface area contributed by atoms with E-state index in [-0.39, 0.29) is 36.1 Å². The van der Waals surface area contributed by atoms with Crippen LogP contribution in [0.1, 0.15) is 89.3 Å². The third-order valence-electron chi connectivity index (χ3n) is 13.3. The van der Waals surface area contributed by atoms with Gasteiger partial charge < -0.3 is 9.64 Å². The largest absolute Gasteiger partial charge is 0.492 e. The second-order valence-electron chi connectivity index (χ2n) is 16.9. The Balaban J connectivity index is 0.764. The summed E-state index contributed by atoms with van der Waals surface area (Å²) in [6.45, 7) is 8.32. The van der Waals surface area contributed by atoms with Crippen molar-refractivity contribution in [2.24, 2.45) is 5.92 Å². The monoisotopic (exact) mass is 809 g/mol. The summed E-state index contributed by atoms with van der Waals surface area (Å²) in [7, 11) is 0. The van der Waals surface area contributed by atoms with E-state index in [1.165, 1.54) is 33.9 Å². The zero-order valence-electron chi connectivity index (χ0n) is 34.2. The zero-order chi connectivity index (χ0) is 41.3. The molecule has 2 bridgehead atoms. The van der Waals surface area contributed by atoms with E-state index in [1.54, 1.807) is 0 Å². The van der Waals surface area contributed by atoms with Crippen molar-refractivity contribution in [3.8, 4) is 5.75 Å². The number of rotatable bonds is 12. The topological polar surface area (TPSA) is 102 Å². The molecule has 0 aliphatic carbocycles. The summed E-state index contributed by atoms with van der Waals surface area (Å²) in [5.74, 6) is -1.48. The van der Waals surface area contributed by atoms with Gasteiger partial charge in [0, 0.05) is 44.7 Å². The highest BCUT2D eigenvalue weighted by molar-refractivity contribution is 6.23. The zero-order valence-corrected chi connectivity index (χ0v) is 34.2. The number of piperidine rings is 4. The minimum atomic E-state index is -1.08. The second-order valence-corrected chi connectivity index (χ2v) is 16.9. The number of piperazine rings is 1. The fraction of sp³-hybridized carbons (Fsp3) is 0.388. The molecule has 60 heavy (non-hydrogen) atoms. The van der Waals surface area contributed by atoms with Gasteiger partial charge in [-0.15, -0.1) is 0 Å². The van der Waals surface area contributed by atoms with Crippen LogP contribution in [0.5, 0.6) is 5.75 Å². The quantitative estimate of drug-likeness (QED) is 0.120. The van der Waals surface area contributed by atoms with E-state index < -0.39 is 35.5 Å². The van der Waals surface area contributed by atoms with Crippen LogP contribution in [0, 0.1) is 11.7 Å². The maximum Gasteiger partial charge on any atom is 0.262 e. The minimum Gasteiger partial charge on any atom is -0.492 e. The molecule has 5 saturated heterocycles. The SMILES string of the molecule is CCC(=C(c1ccccc1)c1ccc(OCCN2CCC(CN3CC4CCC3CN4c3cc4c(cc3F)C(=O)N(C3CCC(=O)NC3=O)C4=O)CC2)cc1)c1ccccc1. The van der Waals surface area contributed by atoms with Gasteiger partial charge >= 0.3 is 0 Å². The molecule has 3 atom stereocenters. The highest BCUT2D eigenvalue weighted by Crippen LogP contribution is 2.39. The van der Waals surface area contributed by atoms with Gasteiger partial charge in [0.2, 0.25) is 11.8 Å². The first-order valence-electron chi connectivity index (χ1n) is 21.6. The van der Waals surface area contributed by atoms with Crippen molar-refractivity contribution in [2.45, 2.75) is 70.0 Å². The van der Waals surface area contributed by atoms with Crippen LogP contribution >= 0.6 is 0 Å². The molecule has 0 saturated carbocycles. The van der Waals surface area contributed by atoms with Gasteiger partial charge in [0.05, 0.1) is 16.8 Å². The van der Waals surface area contributed by atoms with Crippen molar-refractivity contribution in [3.05, 3.63) is 131 Å². The number of amides is 4. The molecule has 0 radical (unpaired) electrons. The maximum atomic E-state index is 15.8. The number of nitrogens with one attached hydrogen (secondary N) is 1. The minimum absolute atomic E-state index is 0.0304. The number of nitrogens with zero attached hydrogens (tertiary/aromatic N) is 4. The van der Waals surface area contributed by atoms with Crippen molar-refractivity contribution in [3.63, 3.8) is 0 Å². The Hall–Kier alpha value is -5.65. The second kappa shape index (κ2) is 17.1. The van der Waals surface area contributed by atoms with Crippen molar-refractivity contribution in [1.82, 2.24) is 20.0 Å². The molecule has 10 rings (SSSR count). The number of carbonyl (C=O) groups excluding carboxylic acids is 4. The summed E-state index contributed by atoms with van der Waals surface area (Å²) in [6.07, 6.45) is 5.25. The third-order valence-corrected chi connectivity index (χ3v) is 13.3. The number of carbonyl (C=O) groups is 4. The van der Waals surface area contributed by atoms with E-state index in [4.69, 9.17) is 4.74 Å². The van der Waals surface area contributed by atoms with Crippen LogP contribution in [0.3, 0.4) is 0 Å². The lowest BCUT2D eigenvalue weighted by Gasteiger charge is -2.53. The standard InChI is InChI=1S/C49H52FN5O5/c1-2-39(33-9-5-3-6-10-33)46(34-11-7-4-8-12-34)35-13-17-38(18-14-35)60-26-25-52-23-21-32(22-24-52)29-53-30-37-16-15-36(53)31-54(37)44-28-41-40(27-42(44)50)48(58)55(49(41)59)43-19-20-45(56)51-47(43)57/h3-14,17-18,27-28,32,36-37,43H,2,15-16,19-26,29-31H2,1H3,(H,51,56,57). The van der Waals surface area contributed by atoms with E-state index in [1.807, 2.05) is 0 Å². The van der Waals surface area contributed by atoms with Gasteiger partial charge in [-0.2, -0.15) is 0 Å². The van der Waals surface area contributed by atoms with Crippen molar-refractivity contribution < 1.29 is 28.3 Å². The number of anilines is 1. The number of allylic oxidation sites excluding steroid dienone is 1. The number of imide groups is 2. The van der Waals surface area contributed by atoms with Gasteiger partial charge in [0.25, 0.3) is 11.8 Å². The van der Waals surface area contributed by atoms with Crippen molar-refractivity contribution >= 4 is 40.5 Å². The molecule has 1 N–H and O–H groups in total. The van der Waals surface area contributed by atoms with E-state index in [9.17, 15) is 19.2 Å². The molecule has 11 heteroatoms. The average Bonchev–Trinajstić information content (AvgIpc) is 3.51. The summed E-state index contributed by atoms with van der Waals surface area (Å²) in [5.41, 5.74) is 6.61. The molecular weight excluding hydrogens is 758 g/mol. The number of fused-ring (bicyclic) bond motifs is 4. The Labute approximate surface area is 351 Å². The number of hydrogen-bond donors (Lipinski definition) is 1. The first-order chi connectivity index (χ1) is 29.2. The third kappa shape index (κ3) is 7.88. The molecule has 3 unspecified atom stereocenters. The average molecular weight is 810 g/mol. The number of ether oxygens (including phenoxy) is 1. The molecular formula is C49H52FN5O5. The Bertz CT molecular complexity index is 2290. The van der Waals surface area contributed by atoms with E-state index >= 15 is 4.39 Å². The maximum absolute atomic E-state index is 15.8. The molecule has 0 spiro atoms. The molecule has 310 valence electrons. The van der Waals surface area contributed by atoms with E-state index in [0.29, 0.717) is 24.8 Å². The van der Waals surface area contributed by atoms with Crippen LogP contribution in [-0.2, 0) is 9.59 Å². The molecule has 4 amide bonds. The first-order valence-corrected chi connectivity index (χ1v) is 21.6.